The molecule has 7 heteroatoms. The van der Waals surface area contributed by atoms with Crippen LogP contribution in [0.2, 0.25) is 5.02 Å². The maximum Gasteiger partial charge on any atom is 0.336 e. The Kier molecular flexibility index (Phi) is 4.60. The molecule has 2 unspecified atom stereocenters. The van der Waals surface area contributed by atoms with Crippen molar-refractivity contribution in [3.63, 3.8) is 0 Å². The van der Waals surface area contributed by atoms with E-state index in [4.69, 9.17) is 16.7 Å². The van der Waals surface area contributed by atoms with E-state index in [9.17, 15) is 13.2 Å². The first-order valence-electron chi connectivity index (χ1n) is 6.82. The van der Waals surface area contributed by atoms with E-state index in [0.717, 1.165) is 19.3 Å². The van der Waals surface area contributed by atoms with Crippen LogP contribution < -0.4 is 4.72 Å². The summed E-state index contributed by atoms with van der Waals surface area (Å²) < 4.78 is 27.5. The number of carbonyl (C=O) groups is 1. The van der Waals surface area contributed by atoms with Crippen LogP contribution in [-0.2, 0) is 10.0 Å². The third-order valence-corrected chi connectivity index (χ3v) is 5.57. The van der Waals surface area contributed by atoms with Gasteiger partial charge in [-0.25, -0.2) is 17.9 Å². The predicted molar refractivity (Wildman–Crippen MR) is 80.3 cm³/mol. The lowest BCUT2D eigenvalue weighted by Crippen LogP contribution is -2.28. The second-order valence-electron chi connectivity index (χ2n) is 5.39. The van der Waals surface area contributed by atoms with Crippen molar-refractivity contribution >= 4 is 27.6 Å². The fourth-order valence-corrected chi connectivity index (χ4v) is 4.39. The Morgan fingerprint density at radius 2 is 2.14 bits per heavy atom. The molecule has 0 aromatic heterocycles. The van der Waals surface area contributed by atoms with Crippen LogP contribution in [0.4, 0.5) is 0 Å². The molecule has 1 aromatic rings. The molecule has 2 atom stereocenters. The van der Waals surface area contributed by atoms with Gasteiger partial charge in [-0.05, 0) is 43.4 Å². The van der Waals surface area contributed by atoms with Crippen LogP contribution in [0.5, 0.6) is 0 Å². The minimum atomic E-state index is -3.76. The minimum absolute atomic E-state index is 0.0541. The van der Waals surface area contributed by atoms with E-state index in [1.165, 1.54) is 19.1 Å². The van der Waals surface area contributed by atoms with Gasteiger partial charge in [-0.1, -0.05) is 24.9 Å². The number of nitrogens with one attached hydrogen (secondary N) is 1. The van der Waals surface area contributed by atoms with Gasteiger partial charge >= 0.3 is 5.97 Å². The van der Waals surface area contributed by atoms with Crippen LogP contribution >= 0.6 is 11.6 Å². The molecule has 0 saturated heterocycles. The summed E-state index contributed by atoms with van der Waals surface area (Å²) in [5, 5.41) is 9.21. The van der Waals surface area contributed by atoms with Crippen LogP contribution in [0.3, 0.4) is 0 Å². The molecule has 1 aliphatic carbocycles. The third kappa shape index (κ3) is 3.56. The summed E-state index contributed by atoms with van der Waals surface area (Å²) in [6.45, 7) is 3.54. The molecule has 2 rings (SSSR count). The summed E-state index contributed by atoms with van der Waals surface area (Å²) in [5.74, 6) is -0.815. The largest absolute Gasteiger partial charge is 0.478 e. The van der Waals surface area contributed by atoms with E-state index in [1.54, 1.807) is 0 Å². The molecular weight excluding hydrogens is 314 g/mol. The van der Waals surface area contributed by atoms with Crippen molar-refractivity contribution in [2.75, 3.05) is 0 Å². The smallest absolute Gasteiger partial charge is 0.336 e. The molecule has 0 amide bonds. The first-order chi connectivity index (χ1) is 9.76. The maximum atomic E-state index is 12.4. The van der Waals surface area contributed by atoms with E-state index in [1.807, 2.05) is 0 Å². The molecule has 0 spiro atoms. The zero-order valence-corrected chi connectivity index (χ0v) is 13.5. The second-order valence-corrected chi connectivity index (χ2v) is 7.51. The fourth-order valence-electron chi connectivity index (χ4n) is 2.50. The number of carboxylic acid groups (broad SMARTS) is 1. The fraction of sp³-hybridized carbons (Fsp3) is 0.500. The predicted octanol–water partition coefficient (Wildman–Crippen LogP) is 2.81. The lowest BCUT2D eigenvalue weighted by Gasteiger charge is -2.12. The Balaban J connectivity index is 2.30. The number of benzene rings is 1. The summed E-state index contributed by atoms with van der Waals surface area (Å²) in [4.78, 5) is 11.1. The molecule has 5 nitrogen and oxygen atoms in total. The average molecular weight is 332 g/mol. The molecule has 1 aromatic carbocycles. The number of hydrogen-bond donors (Lipinski definition) is 2. The standard InChI is InChI=1S/C14H18ClNO4S/c1-3-4-9-5-12(9)16-21(19,20)13-7-10(15)6-11(8(13)2)14(17)18/h6-7,9,12,16H,3-5H2,1-2H3,(H,17,18). The Morgan fingerprint density at radius 1 is 1.48 bits per heavy atom. The van der Waals surface area contributed by atoms with Crippen LogP contribution in [-0.4, -0.2) is 25.5 Å². The van der Waals surface area contributed by atoms with Gasteiger partial charge in [0.25, 0.3) is 0 Å². The van der Waals surface area contributed by atoms with Crippen LogP contribution in [0.1, 0.15) is 42.1 Å². The summed E-state index contributed by atoms with van der Waals surface area (Å²) in [6, 6.07) is 2.50. The maximum absolute atomic E-state index is 12.4. The number of hydrogen-bond acceptors (Lipinski definition) is 3. The van der Waals surface area contributed by atoms with E-state index < -0.39 is 16.0 Å². The van der Waals surface area contributed by atoms with Crippen molar-refractivity contribution < 1.29 is 18.3 Å². The van der Waals surface area contributed by atoms with Gasteiger partial charge in [-0.3, -0.25) is 0 Å². The molecule has 2 N–H and O–H groups in total. The lowest BCUT2D eigenvalue weighted by molar-refractivity contribution is 0.0696. The zero-order valence-electron chi connectivity index (χ0n) is 11.9. The highest BCUT2D eigenvalue weighted by Crippen LogP contribution is 2.36. The Morgan fingerprint density at radius 3 is 2.71 bits per heavy atom. The van der Waals surface area contributed by atoms with Crippen molar-refractivity contribution in [2.45, 2.75) is 44.0 Å². The number of rotatable bonds is 6. The lowest BCUT2D eigenvalue weighted by atomic mass is 10.1. The van der Waals surface area contributed by atoms with Gasteiger partial charge in [-0.2, -0.15) is 0 Å². The van der Waals surface area contributed by atoms with Crippen LogP contribution in [0, 0.1) is 12.8 Å². The highest BCUT2D eigenvalue weighted by molar-refractivity contribution is 7.89. The topological polar surface area (TPSA) is 83.5 Å². The normalized spacial score (nSPS) is 21.3. The minimum Gasteiger partial charge on any atom is -0.478 e. The molecular formula is C14H18ClNO4S. The van der Waals surface area contributed by atoms with Gasteiger partial charge in [0.2, 0.25) is 10.0 Å². The van der Waals surface area contributed by atoms with Gasteiger partial charge in [0.15, 0.2) is 0 Å². The van der Waals surface area contributed by atoms with Gasteiger partial charge in [0.1, 0.15) is 0 Å². The number of halogens is 1. The van der Waals surface area contributed by atoms with E-state index in [2.05, 4.69) is 11.6 Å². The summed E-state index contributed by atoms with van der Waals surface area (Å²) in [7, 11) is -3.76. The first kappa shape index (κ1) is 16.3. The Bertz CT molecular complexity index is 672. The monoisotopic (exact) mass is 331 g/mol. The quantitative estimate of drug-likeness (QED) is 0.839. The summed E-state index contributed by atoms with van der Waals surface area (Å²) in [6.07, 6.45) is 2.84. The first-order valence-corrected chi connectivity index (χ1v) is 8.68. The molecule has 116 valence electrons. The van der Waals surface area contributed by atoms with Gasteiger partial charge < -0.3 is 5.11 Å². The Hall–Kier alpha value is -1.11. The van der Waals surface area contributed by atoms with Crippen molar-refractivity contribution in [3.05, 3.63) is 28.3 Å². The van der Waals surface area contributed by atoms with Crippen LogP contribution in [0.15, 0.2) is 17.0 Å². The molecule has 1 saturated carbocycles. The van der Waals surface area contributed by atoms with Gasteiger partial charge in [-0.15, -0.1) is 0 Å². The van der Waals surface area contributed by atoms with Gasteiger partial charge in [0, 0.05) is 11.1 Å². The van der Waals surface area contributed by atoms with E-state index in [-0.39, 0.29) is 27.1 Å². The summed E-state index contributed by atoms with van der Waals surface area (Å²) >= 11 is 5.85. The van der Waals surface area contributed by atoms with Crippen molar-refractivity contribution in [1.82, 2.24) is 4.72 Å². The van der Waals surface area contributed by atoms with Crippen LogP contribution in [0.25, 0.3) is 0 Å². The van der Waals surface area contributed by atoms with Crippen molar-refractivity contribution in [3.8, 4) is 0 Å². The highest BCUT2D eigenvalue weighted by atomic mass is 35.5. The zero-order chi connectivity index (χ0) is 15.8. The van der Waals surface area contributed by atoms with Gasteiger partial charge in [0.05, 0.1) is 10.5 Å². The van der Waals surface area contributed by atoms with Crippen molar-refractivity contribution in [2.24, 2.45) is 5.92 Å². The Labute approximate surface area is 129 Å². The van der Waals surface area contributed by atoms with Crippen molar-refractivity contribution in [1.29, 1.82) is 0 Å². The molecule has 0 bridgehead atoms. The average Bonchev–Trinajstić information content (AvgIpc) is 3.08. The molecule has 1 aliphatic rings. The van der Waals surface area contributed by atoms with E-state index in [0.29, 0.717) is 5.92 Å². The van der Waals surface area contributed by atoms with E-state index >= 15 is 0 Å². The number of sulfonamides is 1. The number of aromatic carboxylic acids is 1. The molecule has 21 heavy (non-hydrogen) atoms. The number of carboxylic acids is 1. The highest BCUT2D eigenvalue weighted by Gasteiger charge is 2.39. The second kappa shape index (κ2) is 5.94. The molecule has 1 fully saturated rings. The molecule has 0 heterocycles. The molecule has 0 aliphatic heterocycles. The molecule has 0 radical (unpaired) electrons. The third-order valence-electron chi connectivity index (χ3n) is 3.73. The SMILES string of the molecule is CCCC1CC1NS(=O)(=O)c1cc(Cl)cc(C(=O)O)c1C. The summed E-state index contributed by atoms with van der Waals surface area (Å²) in [5.41, 5.74) is 0.107.